The van der Waals surface area contributed by atoms with Crippen molar-refractivity contribution in [1.82, 2.24) is 25.4 Å². The fraction of sp³-hybridized carbons (Fsp3) is 0.250. The number of benzene rings is 1. The van der Waals surface area contributed by atoms with Crippen molar-refractivity contribution in [2.45, 2.75) is 19.4 Å². The van der Waals surface area contributed by atoms with Gasteiger partial charge in [-0.1, -0.05) is 0 Å². The van der Waals surface area contributed by atoms with Gasteiger partial charge in [-0.25, -0.2) is 4.68 Å². The Bertz CT molecular complexity index is 1240. The van der Waals surface area contributed by atoms with Gasteiger partial charge in [0.15, 0.2) is 0 Å². The first-order valence-corrected chi connectivity index (χ1v) is 10.9. The molecule has 3 aromatic rings. The Labute approximate surface area is 195 Å². The lowest BCUT2D eigenvalue weighted by molar-refractivity contribution is -0.122. The van der Waals surface area contributed by atoms with Crippen LogP contribution in [0.5, 0.6) is 0 Å². The van der Waals surface area contributed by atoms with Gasteiger partial charge in [-0.3, -0.25) is 24.2 Å². The largest absolute Gasteiger partial charge is 0.353 e. The van der Waals surface area contributed by atoms with Crippen molar-refractivity contribution in [3.8, 4) is 11.3 Å². The number of nitrogens with zero attached hydrogens (tertiary/aromatic N) is 3. The minimum atomic E-state index is -0.400. The van der Waals surface area contributed by atoms with Gasteiger partial charge in [-0.2, -0.15) is 5.10 Å². The van der Waals surface area contributed by atoms with Crippen LogP contribution in [-0.4, -0.2) is 45.6 Å². The molecule has 0 saturated heterocycles. The average molecular weight is 460 g/mol. The first kappa shape index (κ1) is 22.8. The molecule has 1 aliphatic carbocycles. The Hall–Kier alpha value is -4.34. The average Bonchev–Trinajstić information content (AvgIpc) is 3.70. The number of carbonyl (C=O) groups is 3. The molecule has 2 heterocycles. The highest BCUT2D eigenvalue weighted by Crippen LogP contribution is 2.30. The van der Waals surface area contributed by atoms with Gasteiger partial charge in [0.2, 0.25) is 11.8 Å². The summed E-state index contributed by atoms with van der Waals surface area (Å²) in [6, 6.07) is 13.1. The summed E-state index contributed by atoms with van der Waals surface area (Å²) in [6.07, 6.45) is 5.11. The number of carbonyl (C=O) groups excluding carboxylic acids is 3. The standard InChI is InChI=1S/C24H24N6O4/c31-21(15-30-22(32)10-9-20(29-30)18-2-1-11-25-14-18)26-12-13-27-23(33)16-5-7-19(8-6-16)28-24(34)17-3-4-17/h1-2,5-11,14,17H,3-4,12-13,15H2,(H,26,31)(H,27,33)(H,28,34). The molecule has 0 spiro atoms. The Kier molecular flexibility index (Phi) is 7.07. The van der Waals surface area contributed by atoms with Crippen molar-refractivity contribution in [3.05, 3.63) is 76.8 Å². The van der Waals surface area contributed by atoms with Crippen LogP contribution < -0.4 is 21.5 Å². The molecule has 10 nitrogen and oxygen atoms in total. The van der Waals surface area contributed by atoms with E-state index in [1.807, 2.05) is 6.07 Å². The van der Waals surface area contributed by atoms with Crippen molar-refractivity contribution < 1.29 is 14.4 Å². The second-order valence-electron chi connectivity index (χ2n) is 7.90. The van der Waals surface area contributed by atoms with E-state index in [9.17, 15) is 19.2 Å². The maximum atomic E-state index is 12.3. The van der Waals surface area contributed by atoms with Crippen LogP contribution in [-0.2, 0) is 16.1 Å². The Morgan fingerprint density at radius 1 is 0.971 bits per heavy atom. The molecular formula is C24H24N6O4. The number of anilines is 1. The lowest BCUT2D eigenvalue weighted by atomic mass is 10.2. The zero-order chi connectivity index (χ0) is 23.9. The number of hydrogen-bond acceptors (Lipinski definition) is 6. The van der Waals surface area contributed by atoms with Crippen molar-refractivity contribution >= 4 is 23.4 Å². The summed E-state index contributed by atoms with van der Waals surface area (Å²) in [5, 5.41) is 12.4. The van der Waals surface area contributed by atoms with E-state index in [0.717, 1.165) is 23.1 Å². The number of nitrogens with one attached hydrogen (secondary N) is 3. The van der Waals surface area contributed by atoms with Crippen LogP contribution in [0.1, 0.15) is 23.2 Å². The second-order valence-corrected chi connectivity index (χ2v) is 7.90. The van der Waals surface area contributed by atoms with Gasteiger partial charge in [0.25, 0.3) is 11.5 Å². The molecule has 1 saturated carbocycles. The molecule has 3 amide bonds. The number of aromatic nitrogens is 3. The summed E-state index contributed by atoms with van der Waals surface area (Å²) in [4.78, 5) is 52.4. The molecule has 10 heteroatoms. The van der Waals surface area contributed by atoms with Gasteiger partial charge in [0.05, 0.1) is 5.69 Å². The molecule has 1 aromatic carbocycles. The maximum Gasteiger partial charge on any atom is 0.267 e. The van der Waals surface area contributed by atoms with E-state index in [1.54, 1.807) is 48.8 Å². The number of rotatable bonds is 9. The monoisotopic (exact) mass is 460 g/mol. The van der Waals surface area contributed by atoms with E-state index in [1.165, 1.54) is 6.07 Å². The van der Waals surface area contributed by atoms with Gasteiger partial charge in [-0.15, -0.1) is 0 Å². The molecule has 2 aromatic heterocycles. The van der Waals surface area contributed by atoms with Gasteiger partial charge < -0.3 is 16.0 Å². The van der Waals surface area contributed by atoms with Crippen LogP contribution >= 0.6 is 0 Å². The molecule has 1 aliphatic rings. The van der Waals surface area contributed by atoms with Crippen LogP contribution in [0.15, 0.2) is 65.7 Å². The fourth-order valence-corrected chi connectivity index (χ4v) is 3.20. The minimum Gasteiger partial charge on any atom is -0.353 e. The van der Waals surface area contributed by atoms with E-state index in [0.29, 0.717) is 16.9 Å². The smallest absolute Gasteiger partial charge is 0.267 e. The maximum absolute atomic E-state index is 12.3. The molecule has 34 heavy (non-hydrogen) atoms. The topological polar surface area (TPSA) is 135 Å². The SMILES string of the molecule is O=C(Cn1nc(-c2cccnc2)ccc1=O)NCCNC(=O)c1ccc(NC(=O)C2CC2)cc1. The zero-order valence-electron chi connectivity index (χ0n) is 18.4. The van der Waals surface area contributed by atoms with Gasteiger partial charge in [0, 0.05) is 54.3 Å². The molecule has 0 radical (unpaired) electrons. The highest BCUT2D eigenvalue weighted by molar-refractivity contribution is 5.96. The molecule has 0 aliphatic heterocycles. The van der Waals surface area contributed by atoms with E-state index in [4.69, 9.17) is 0 Å². The highest BCUT2D eigenvalue weighted by Gasteiger charge is 2.29. The van der Waals surface area contributed by atoms with E-state index < -0.39 is 11.5 Å². The quantitative estimate of drug-likeness (QED) is 0.411. The van der Waals surface area contributed by atoms with Crippen LogP contribution in [0.2, 0.25) is 0 Å². The molecule has 1 fully saturated rings. The van der Waals surface area contributed by atoms with Gasteiger partial charge in [0.1, 0.15) is 6.54 Å². The van der Waals surface area contributed by atoms with Crippen LogP contribution in [0.3, 0.4) is 0 Å². The Morgan fingerprint density at radius 3 is 2.44 bits per heavy atom. The van der Waals surface area contributed by atoms with Crippen molar-refractivity contribution in [2.75, 3.05) is 18.4 Å². The number of hydrogen-bond donors (Lipinski definition) is 3. The molecular weight excluding hydrogens is 436 g/mol. The highest BCUT2D eigenvalue weighted by atomic mass is 16.2. The fourth-order valence-electron chi connectivity index (χ4n) is 3.20. The second kappa shape index (κ2) is 10.5. The third-order valence-electron chi connectivity index (χ3n) is 5.21. The molecule has 4 rings (SSSR count). The molecule has 0 atom stereocenters. The normalized spacial score (nSPS) is 12.6. The minimum absolute atomic E-state index is 0.00852. The van der Waals surface area contributed by atoms with Crippen molar-refractivity contribution in [2.24, 2.45) is 5.92 Å². The molecule has 0 bridgehead atoms. The van der Waals surface area contributed by atoms with E-state index in [-0.39, 0.29) is 37.4 Å². The summed E-state index contributed by atoms with van der Waals surface area (Å²) in [7, 11) is 0. The Balaban J connectivity index is 1.22. The first-order valence-electron chi connectivity index (χ1n) is 10.9. The predicted molar refractivity (Wildman–Crippen MR) is 125 cm³/mol. The third kappa shape index (κ3) is 6.12. The lowest BCUT2D eigenvalue weighted by Gasteiger charge is -2.09. The van der Waals surface area contributed by atoms with Crippen LogP contribution in [0.4, 0.5) is 5.69 Å². The third-order valence-corrected chi connectivity index (χ3v) is 5.21. The molecule has 0 unspecified atom stereocenters. The van der Waals surface area contributed by atoms with Gasteiger partial charge in [-0.05, 0) is 55.3 Å². The molecule has 3 N–H and O–H groups in total. The van der Waals surface area contributed by atoms with Crippen LogP contribution in [0.25, 0.3) is 11.3 Å². The summed E-state index contributed by atoms with van der Waals surface area (Å²) in [5.74, 6) is -0.578. The predicted octanol–water partition coefficient (Wildman–Crippen LogP) is 1.20. The van der Waals surface area contributed by atoms with E-state index in [2.05, 4.69) is 26.0 Å². The summed E-state index contributed by atoms with van der Waals surface area (Å²) in [6.45, 7) is 0.162. The zero-order valence-corrected chi connectivity index (χ0v) is 18.4. The summed E-state index contributed by atoms with van der Waals surface area (Å²) >= 11 is 0. The summed E-state index contributed by atoms with van der Waals surface area (Å²) < 4.78 is 1.08. The Morgan fingerprint density at radius 2 is 1.74 bits per heavy atom. The van der Waals surface area contributed by atoms with E-state index >= 15 is 0 Å². The van der Waals surface area contributed by atoms with Crippen LogP contribution in [0, 0.1) is 5.92 Å². The number of pyridine rings is 1. The first-order chi connectivity index (χ1) is 16.5. The lowest BCUT2D eigenvalue weighted by Crippen LogP contribution is -2.38. The van der Waals surface area contributed by atoms with Crippen molar-refractivity contribution in [1.29, 1.82) is 0 Å². The summed E-state index contributed by atoms with van der Waals surface area (Å²) in [5.41, 5.74) is 1.97. The van der Waals surface area contributed by atoms with Gasteiger partial charge >= 0.3 is 0 Å². The number of amides is 3. The molecule has 174 valence electrons. The van der Waals surface area contributed by atoms with Crippen molar-refractivity contribution in [3.63, 3.8) is 0 Å².